The topological polar surface area (TPSA) is 46.2 Å². The lowest BCUT2D eigenvalue weighted by molar-refractivity contribution is 0.186. The van der Waals surface area contributed by atoms with Crippen LogP contribution in [0.5, 0.6) is 0 Å². The monoisotopic (exact) mass is 253 g/mol. The third-order valence-corrected chi connectivity index (χ3v) is 2.50. The number of benzene rings is 1. The molecular weight excluding hydrogens is 244 g/mol. The van der Waals surface area contributed by atoms with Crippen LogP contribution in [-0.2, 0) is 3.79 Å². The van der Waals surface area contributed by atoms with Crippen LogP contribution in [0.15, 0.2) is 24.3 Å². The van der Waals surface area contributed by atoms with E-state index in [0.717, 1.165) is 0 Å². The van der Waals surface area contributed by atoms with Crippen molar-refractivity contribution in [2.24, 2.45) is 5.73 Å². The molecule has 0 amide bonds. The molecule has 0 saturated carbocycles. The molecule has 0 aliphatic rings. The number of halogens is 3. The Morgan fingerprint density at radius 1 is 1.21 bits per heavy atom. The van der Waals surface area contributed by atoms with Crippen LogP contribution in [0, 0.1) is 0 Å². The zero-order valence-corrected chi connectivity index (χ0v) is 9.52. The number of hydrogen-bond acceptors (Lipinski definition) is 2. The van der Waals surface area contributed by atoms with Gasteiger partial charge in [-0.05, 0) is 5.56 Å². The molecule has 0 bridgehead atoms. The van der Waals surface area contributed by atoms with Gasteiger partial charge in [-0.15, -0.1) is 0 Å². The van der Waals surface area contributed by atoms with Crippen LogP contribution in [0.3, 0.4) is 0 Å². The van der Waals surface area contributed by atoms with E-state index in [1.807, 2.05) is 0 Å². The highest BCUT2D eigenvalue weighted by atomic mass is 35.6. The molecule has 1 rings (SSSR count). The van der Waals surface area contributed by atoms with Crippen LogP contribution < -0.4 is 5.73 Å². The fourth-order valence-corrected chi connectivity index (χ4v) is 1.41. The SMILES string of the molecule is NCC(O)c1ccc(C(Cl)(Cl)Cl)cc1. The van der Waals surface area contributed by atoms with Gasteiger partial charge in [0.25, 0.3) is 0 Å². The number of hydrogen-bond donors (Lipinski definition) is 2. The van der Waals surface area contributed by atoms with Crippen LogP contribution in [0.25, 0.3) is 0 Å². The summed E-state index contributed by atoms with van der Waals surface area (Å²) in [7, 11) is 0. The minimum Gasteiger partial charge on any atom is -0.387 e. The molecule has 14 heavy (non-hydrogen) atoms. The number of aliphatic hydroxyl groups excluding tert-OH is 1. The standard InChI is InChI=1S/C9H10Cl3NO/c10-9(11,12)7-3-1-6(2-4-7)8(14)5-13/h1-4,8,14H,5,13H2. The Hall–Kier alpha value is 0.01000. The summed E-state index contributed by atoms with van der Waals surface area (Å²) >= 11 is 17.0. The van der Waals surface area contributed by atoms with E-state index >= 15 is 0 Å². The van der Waals surface area contributed by atoms with Gasteiger partial charge >= 0.3 is 0 Å². The second kappa shape index (κ2) is 4.69. The summed E-state index contributed by atoms with van der Waals surface area (Å²) in [5.74, 6) is 0. The summed E-state index contributed by atoms with van der Waals surface area (Å²) < 4.78 is -1.42. The maximum absolute atomic E-state index is 9.40. The first-order valence-electron chi connectivity index (χ1n) is 4.00. The first-order valence-corrected chi connectivity index (χ1v) is 5.14. The lowest BCUT2D eigenvalue weighted by Gasteiger charge is -2.13. The van der Waals surface area contributed by atoms with Crippen molar-refractivity contribution in [3.05, 3.63) is 35.4 Å². The second-order valence-electron chi connectivity index (χ2n) is 2.87. The van der Waals surface area contributed by atoms with Crippen molar-refractivity contribution in [3.8, 4) is 0 Å². The van der Waals surface area contributed by atoms with Gasteiger partial charge in [-0.3, -0.25) is 0 Å². The van der Waals surface area contributed by atoms with Crippen molar-refractivity contribution >= 4 is 34.8 Å². The molecule has 1 atom stereocenters. The predicted octanol–water partition coefficient (Wildman–Crippen LogP) is 2.51. The first kappa shape index (κ1) is 12.1. The zero-order chi connectivity index (χ0) is 10.8. The third kappa shape index (κ3) is 3.01. The van der Waals surface area contributed by atoms with E-state index in [1.165, 1.54) is 0 Å². The van der Waals surface area contributed by atoms with E-state index < -0.39 is 9.90 Å². The van der Waals surface area contributed by atoms with Gasteiger partial charge in [-0.2, -0.15) is 0 Å². The van der Waals surface area contributed by atoms with Gasteiger partial charge in [0.1, 0.15) is 0 Å². The summed E-state index contributed by atoms with van der Waals surface area (Å²) in [5, 5.41) is 9.40. The van der Waals surface area contributed by atoms with Crippen LogP contribution in [0.4, 0.5) is 0 Å². The molecule has 0 spiro atoms. The predicted molar refractivity (Wildman–Crippen MR) is 59.7 cm³/mol. The molecule has 0 radical (unpaired) electrons. The van der Waals surface area contributed by atoms with Gasteiger partial charge in [-0.25, -0.2) is 0 Å². The van der Waals surface area contributed by atoms with Gasteiger partial charge < -0.3 is 10.8 Å². The van der Waals surface area contributed by atoms with E-state index in [-0.39, 0.29) is 6.54 Å². The van der Waals surface area contributed by atoms with Gasteiger partial charge in [0.05, 0.1) is 6.10 Å². The summed E-state index contributed by atoms with van der Waals surface area (Å²) in [6.45, 7) is 0.174. The molecule has 0 aliphatic carbocycles. The average Bonchev–Trinajstić information content (AvgIpc) is 2.15. The molecule has 78 valence electrons. The lowest BCUT2D eigenvalue weighted by atomic mass is 10.1. The van der Waals surface area contributed by atoms with E-state index in [0.29, 0.717) is 11.1 Å². The highest BCUT2D eigenvalue weighted by Gasteiger charge is 2.22. The molecule has 0 saturated heterocycles. The molecule has 1 aromatic carbocycles. The Balaban J connectivity index is 2.89. The number of nitrogens with two attached hydrogens (primary N) is 1. The van der Waals surface area contributed by atoms with Gasteiger partial charge in [0.2, 0.25) is 3.79 Å². The molecule has 0 aromatic heterocycles. The normalized spacial score (nSPS) is 14.1. The van der Waals surface area contributed by atoms with Crippen molar-refractivity contribution in [3.63, 3.8) is 0 Å². The lowest BCUT2D eigenvalue weighted by Crippen LogP contribution is -2.11. The first-order chi connectivity index (χ1) is 6.45. The van der Waals surface area contributed by atoms with Crippen molar-refractivity contribution < 1.29 is 5.11 Å². The molecule has 1 aromatic rings. The molecule has 5 heteroatoms. The Labute approximate surface area is 97.6 Å². The van der Waals surface area contributed by atoms with Gasteiger partial charge in [0.15, 0.2) is 0 Å². The molecule has 2 nitrogen and oxygen atoms in total. The van der Waals surface area contributed by atoms with E-state index in [1.54, 1.807) is 24.3 Å². The van der Waals surface area contributed by atoms with Crippen molar-refractivity contribution in [1.82, 2.24) is 0 Å². The summed E-state index contributed by atoms with van der Waals surface area (Å²) in [6.07, 6.45) is -0.667. The van der Waals surface area contributed by atoms with E-state index in [9.17, 15) is 5.11 Å². The largest absolute Gasteiger partial charge is 0.387 e. The smallest absolute Gasteiger partial charge is 0.216 e. The zero-order valence-electron chi connectivity index (χ0n) is 7.25. The van der Waals surface area contributed by atoms with Crippen LogP contribution >= 0.6 is 34.8 Å². The average molecular weight is 255 g/mol. The maximum atomic E-state index is 9.40. The highest BCUT2D eigenvalue weighted by Crippen LogP contribution is 2.38. The fraction of sp³-hybridized carbons (Fsp3) is 0.333. The van der Waals surface area contributed by atoms with Crippen molar-refractivity contribution in [2.45, 2.75) is 9.90 Å². The molecule has 0 heterocycles. The van der Waals surface area contributed by atoms with Gasteiger partial charge in [0, 0.05) is 12.1 Å². The minimum absolute atomic E-state index is 0.174. The summed E-state index contributed by atoms with van der Waals surface area (Å²) in [6, 6.07) is 6.69. The Morgan fingerprint density at radius 3 is 2.07 bits per heavy atom. The minimum atomic E-state index is -1.42. The summed E-state index contributed by atoms with van der Waals surface area (Å²) in [5.41, 5.74) is 6.58. The third-order valence-electron chi connectivity index (χ3n) is 1.85. The summed E-state index contributed by atoms with van der Waals surface area (Å²) in [4.78, 5) is 0. The second-order valence-corrected chi connectivity index (χ2v) is 5.15. The van der Waals surface area contributed by atoms with Crippen LogP contribution in [-0.4, -0.2) is 11.7 Å². The van der Waals surface area contributed by atoms with Crippen molar-refractivity contribution in [2.75, 3.05) is 6.54 Å². The highest BCUT2D eigenvalue weighted by molar-refractivity contribution is 6.66. The Bertz CT molecular complexity index is 294. The maximum Gasteiger partial charge on any atom is 0.216 e. The molecule has 1 unspecified atom stereocenters. The number of alkyl halides is 3. The fourth-order valence-electron chi connectivity index (χ4n) is 1.03. The van der Waals surface area contributed by atoms with Crippen molar-refractivity contribution in [1.29, 1.82) is 0 Å². The van der Waals surface area contributed by atoms with Crippen LogP contribution in [0.2, 0.25) is 0 Å². The number of aliphatic hydroxyl groups is 1. The van der Waals surface area contributed by atoms with E-state index in [4.69, 9.17) is 40.5 Å². The van der Waals surface area contributed by atoms with Gasteiger partial charge in [-0.1, -0.05) is 59.1 Å². The Kier molecular flexibility index (Phi) is 4.04. The molecule has 3 N–H and O–H groups in total. The molecular formula is C9H10Cl3NO. The number of rotatable bonds is 2. The quantitative estimate of drug-likeness (QED) is 0.797. The van der Waals surface area contributed by atoms with Crippen LogP contribution in [0.1, 0.15) is 17.2 Å². The van der Waals surface area contributed by atoms with E-state index in [2.05, 4.69) is 0 Å². The molecule has 0 fully saturated rings. The molecule has 0 aliphatic heterocycles. The Morgan fingerprint density at radius 2 is 1.71 bits per heavy atom.